The molecule has 152 valence electrons. The number of carbonyl (C=O) groups is 1. The van der Waals surface area contributed by atoms with Gasteiger partial charge in [0.2, 0.25) is 5.76 Å². The van der Waals surface area contributed by atoms with Gasteiger partial charge in [-0.15, -0.1) is 0 Å². The zero-order valence-corrected chi connectivity index (χ0v) is 17.2. The van der Waals surface area contributed by atoms with E-state index < -0.39 is 0 Å². The summed E-state index contributed by atoms with van der Waals surface area (Å²) in [5, 5.41) is 3.84. The molecule has 0 unspecified atom stereocenters. The molecular weight excluding hydrogens is 354 g/mol. The Bertz CT molecular complexity index is 774. The molecule has 6 heteroatoms. The zero-order valence-electron chi connectivity index (χ0n) is 17.2. The van der Waals surface area contributed by atoms with E-state index in [0.717, 1.165) is 50.5 Å². The van der Waals surface area contributed by atoms with E-state index >= 15 is 0 Å². The molecule has 1 aliphatic heterocycles. The minimum Gasteiger partial charge on any atom is -0.497 e. The molecule has 0 spiro atoms. The minimum absolute atomic E-state index is 0.0587. The first-order valence-electron chi connectivity index (χ1n) is 10.2. The Morgan fingerprint density at radius 3 is 2.96 bits per heavy atom. The normalized spacial score (nSPS) is 17.5. The number of nitrogens with zero attached hydrogens (tertiary/aromatic N) is 3. The maximum atomic E-state index is 12.7. The molecule has 0 saturated carbocycles. The van der Waals surface area contributed by atoms with Crippen molar-refractivity contribution in [3.63, 3.8) is 0 Å². The third-order valence-electron chi connectivity index (χ3n) is 5.44. The van der Waals surface area contributed by atoms with Crippen LogP contribution in [-0.4, -0.2) is 60.7 Å². The summed E-state index contributed by atoms with van der Waals surface area (Å²) in [6.07, 6.45) is 3.35. The molecular formula is C22H31N3O3. The van der Waals surface area contributed by atoms with Crippen LogP contribution >= 0.6 is 0 Å². The highest BCUT2D eigenvalue weighted by Crippen LogP contribution is 2.20. The Kier molecular flexibility index (Phi) is 7.09. The van der Waals surface area contributed by atoms with Crippen LogP contribution in [0.4, 0.5) is 0 Å². The van der Waals surface area contributed by atoms with Gasteiger partial charge in [-0.1, -0.05) is 17.3 Å². The van der Waals surface area contributed by atoms with Crippen molar-refractivity contribution in [2.24, 2.45) is 5.92 Å². The molecule has 0 aliphatic carbocycles. The standard InChI is InChI=1S/C22H31N3O3/c1-4-25(22(26)21-13-17(2)23-28-21)16-19-8-6-11-24(15-19)12-10-18-7-5-9-20(14-18)27-3/h5,7,9,13-14,19H,4,6,8,10-12,15-16H2,1-3H3/t19-/m0/s1. The Morgan fingerprint density at radius 2 is 2.25 bits per heavy atom. The van der Waals surface area contributed by atoms with Gasteiger partial charge < -0.3 is 19.1 Å². The van der Waals surface area contributed by atoms with Gasteiger partial charge in [-0.3, -0.25) is 4.79 Å². The van der Waals surface area contributed by atoms with Crippen LogP contribution in [0.5, 0.6) is 5.75 Å². The summed E-state index contributed by atoms with van der Waals surface area (Å²) in [6, 6.07) is 10.0. The highest BCUT2D eigenvalue weighted by molar-refractivity contribution is 5.91. The number of likely N-dealkylation sites (tertiary alicyclic amines) is 1. The smallest absolute Gasteiger partial charge is 0.292 e. The molecule has 2 heterocycles. The molecule has 2 aromatic rings. The van der Waals surface area contributed by atoms with Crippen molar-refractivity contribution in [2.75, 3.05) is 39.8 Å². The van der Waals surface area contributed by atoms with Crippen LogP contribution in [0.2, 0.25) is 0 Å². The van der Waals surface area contributed by atoms with Crippen LogP contribution in [0.25, 0.3) is 0 Å². The molecule has 0 radical (unpaired) electrons. The van der Waals surface area contributed by atoms with Crippen LogP contribution in [0.3, 0.4) is 0 Å². The maximum Gasteiger partial charge on any atom is 0.292 e. The first-order chi connectivity index (χ1) is 13.6. The fraction of sp³-hybridized carbons (Fsp3) is 0.545. The molecule has 1 fully saturated rings. The Morgan fingerprint density at radius 1 is 1.39 bits per heavy atom. The van der Waals surface area contributed by atoms with Crippen molar-refractivity contribution >= 4 is 5.91 Å². The minimum atomic E-state index is -0.0587. The van der Waals surface area contributed by atoms with Crippen LogP contribution in [0.15, 0.2) is 34.9 Å². The highest BCUT2D eigenvalue weighted by atomic mass is 16.5. The molecule has 1 aromatic heterocycles. The number of piperidine rings is 1. The summed E-state index contributed by atoms with van der Waals surface area (Å²) in [5.74, 6) is 1.68. The first kappa shape index (κ1) is 20.4. The number of rotatable bonds is 8. The van der Waals surface area contributed by atoms with Crippen LogP contribution in [0, 0.1) is 12.8 Å². The number of carbonyl (C=O) groups excluding carboxylic acids is 1. The van der Waals surface area contributed by atoms with Gasteiger partial charge in [-0.25, -0.2) is 0 Å². The van der Waals surface area contributed by atoms with E-state index in [4.69, 9.17) is 9.26 Å². The number of ether oxygens (including phenoxy) is 1. The van der Waals surface area contributed by atoms with E-state index in [-0.39, 0.29) is 5.91 Å². The first-order valence-corrected chi connectivity index (χ1v) is 10.2. The Labute approximate surface area is 167 Å². The van der Waals surface area contributed by atoms with E-state index in [1.54, 1.807) is 13.2 Å². The van der Waals surface area contributed by atoms with E-state index in [1.165, 1.54) is 12.0 Å². The van der Waals surface area contributed by atoms with E-state index in [0.29, 0.717) is 18.2 Å². The highest BCUT2D eigenvalue weighted by Gasteiger charge is 2.25. The van der Waals surface area contributed by atoms with Gasteiger partial charge in [-0.2, -0.15) is 0 Å². The topological polar surface area (TPSA) is 58.8 Å². The molecule has 1 aliphatic rings. The molecule has 1 aromatic carbocycles. The number of hydrogen-bond acceptors (Lipinski definition) is 5. The van der Waals surface area contributed by atoms with E-state index in [9.17, 15) is 4.79 Å². The van der Waals surface area contributed by atoms with E-state index in [2.05, 4.69) is 22.2 Å². The SMILES string of the molecule is CCN(C[C@H]1CCCN(CCc2cccc(OC)c2)C1)C(=O)c1cc(C)no1. The average Bonchev–Trinajstić information content (AvgIpc) is 3.17. The van der Waals surface area contributed by atoms with Gasteiger partial charge in [0, 0.05) is 32.2 Å². The van der Waals surface area contributed by atoms with Crippen molar-refractivity contribution < 1.29 is 14.1 Å². The monoisotopic (exact) mass is 385 g/mol. The molecule has 0 bridgehead atoms. The zero-order chi connectivity index (χ0) is 19.9. The maximum absolute atomic E-state index is 12.7. The summed E-state index contributed by atoms with van der Waals surface area (Å²) in [5.41, 5.74) is 2.04. The Balaban J connectivity index is 1.52. The second kappa shape index (κ2) is 9.73. The van der Waals surface area contributed by atoms with Gasteiger partial charge in [0.05, 0.1) is 12.8 Å². The fourth-order valence-electron chi connectivity index (χ4n) is 3.91. The third-order valence-corrected chi connectivity index (χ3v) is 5.44. The van der Waals surface area contributed by atoms with Crippen molar-refractivity contribution in [3.05, 3.63) is 47.3 Å². The number of benzene rings is 1. The summed E-state index contributed by atoms with van der Waals surface area (Å²) < 4.78 is 10.5. The summed E-state index contributed by atoms with van der Waals surface area (Å²) in [7, 11) is 1.70. The lowest BCUT2D eigenvalue weighted by atomic mass is 9.96. The summed E-state index contributed by atoms with van der Waals surface area (Å²) >= 11 is 0. The number of aromatic nitrogens is 1. The van der Waals surface area contributed by atoms with Gasteiger partial charge in [0.15, 0.2) is 0 Å². The van der Waals surface area contributed by atoms with Crippen molar-refractivity contribution in [1.29, 1.82) is 0 Å². The molecule has 6 nitrogen and oxygen atoms in total. The quantitative estimate of drug-likeness (QED) is 0.697. The van der Waals surface area contributed by atoms with Crippen molar-refractivity contribution in [2.45, 2.75) is 33.1 Å². The number of amides is 1. The number of methoxy groups -OCH3 is 1. The van der Waals surface area contributed by atoms with Gasteiger partial charge >= 0.3 is 0 Å². The number of aryl methyl sites for hydroxylation is 1. The van der Waals surface area contributed by atoms with Gasteiger partial charge in [-0.05, 0) is 63.3 Å². The molecule has 0 N–H and O–H groups in total. The lowest BCUT2D eigenvalue weighted by molar-refractivity contribution is 0.0650. The lowest BCUT2D eigenvalue weighted by Crippen LogP contribution is -2.43. The largest absolute Gasteiger partial charge is 0.497 e. The van der Waals surface area contributed by atoms with Crippen LogP contribution < -0.4 is 4.74 Å². The van der Waals surface area contributed by atoms with E-state index in [1.807, 2.05) is 30.9 Å². The second-order valence-corrected chi connectivity index (χ2v) is 7.59. The second-order valence-electron chi connectivity index (χ2n) is 7.59. The summed E-state index contributed by atoms with van der Waals surface area (Å²) in [6.45, 7) is 8.49. The molecule has 1 amide bonds. The fourth-order valence-corrected chi connectivity index (χ4v) is 3.91. The van der Waals surface area contributed by atoms with Gasteiger partial charge in [0.25, 0.3) is 5.91 Å². The van der Waals surface area contributed by atoms with Crippen LogP contribution in [-0.2, 0) is 6.42 Å². The average molecular weight is 386 g/mol. The number of hydrogen-bond donors (Lipinski definition) is 0. The molecule has 28 heavy (non-hydrogen) atoms. The molecule has 1 atom stereocenters. The predicted molar refractivity (Wildman–Crippen MR) is 109 cm³/mol. The Hall–Kier alpha value is -2.34. The summed E-state index contributed by atoms with van der Waals surface area (Å²) in [4.78, 5) is 17.1. The van der Waals surface area contributed by atoms with Crippen molar-refractivity contribution in [3.8, 4) is 5.75 Å². The van der Waals surface area contributed by atoms with Gasteiger partial charge in [0.1, 0.15) is 5.75 Å². The third kappa shape index (κ3) is 5.35. The van der Waals surface area contributed by atoms with Crippen molar-refractivity contribution in [1.82, 2.24) is 15.0 Å². The van der Waals surface area contributed by atoms with Crippen LogP contribution in [0.1, 0.15) is 41.6 Å². The molecule has 3 rings (SSSR count). The molecule has 1 saturated heterocycles. The predicted octanol–water partition coefficient (Wildman–Crippen LogP) is 3.41. The lowest BCUT2D eigenvalue weighted by Gasteiger charge is -2.35.